The molecule has 2 heterocycles. The third kappa shape index (κ3) is 6.30. The number of unbranched alkanes of at least 4 members (excludes halogenated alkanes) is 2. The number of aliphatic hydroxyl groups is 1. The van der Waals surface area contributed by atoms with Gasteiger partial charge < -0.3 is 33.9 Å². The molecule has 0 saturated carbocycles. The number of ketones is 1. The molecular formula is C30H38N2O7. The summed E-state index contributed by atoms with van der Waals surface area (Å²) in [5.41, 5.74) is 1.04. The Labute approximate surface area is 229 Å². The van der Waals surface area contributed by atoms with Crippen molar-refractivity contribution in [3.8, 4) is 23.0 Å². The van der Waals surface area contributed by atoms with Gasteiger partial charge in [-0.1, -0.05) is 25.8 Å². The fraction of sp³-hybridized carbons (Fsp3) is 0.467. The van der Waals surface area contributed by atoms with Crippen molar-refractivity contribution in [1.29, 1.82) is 0 Å². The van der Waals surface area contributed by atoms with Crippen molar-refractivity contribution in [2.24, 2.45) is 0 Å². The SMILES string of the molecule is CCCCCOc1ccc(C2/C(=C(/O)c3ccc4c(c3)OCCO4)C(=O)C(=O)N2CCN(C)C)cc1OCC. The van der Waals surface area contributed by atoms with Gasteiger partial charge in [0, 0.05) is 18.7 Å². The van der Waals surface area contributed by atoms with Gasteiger partial charge in [0.25, 0.3) is 11.7 Å². The van der Waals surface area contributed by atoms with Gasteiger partial charge in [0.15, 0.2) is 23.0 Å². The highest BCUT2D eigenvalue weighted by molar-refractivity contribution is 6.46. The van der Waals surface area contributed by atoms with E-state index < -0.39 is 17.7 Å². The summed E-state index contributed by atoms with van der Waals surface area (Å²) >= 11 is 0. The van der Waals surface area contributed by atoms with E-state index in [2.05, 4.69) is 6.92 Å². The molecule has 39 heavy (non-hydrogen) atoms. The molecule has 2 aromatic rings. The van der Waals surface area contributed by atoms with Crippen molar-refractivity contribution in [1.82, 2.24) is 9.80 Å². The summed E-state index contributed by atoms with van der Waals surface area (Å²) in [6, 6.07) is 9.62. The number of hydrogen-bond acceptors (Lipinski definition) is 8. The lowest BCUT2D eigenvalue weighted by Gasteiger charge is -2.27. The van der Waals surface area contributed by atoms with Crippen molar-refractivity contribution >= 4 is 17.4 Å². The lowest BCUT2D eigenvalue weighted by atomic mass is 9.94. The molecule has 9 heteroatoms. The van der Waals surface area contributed by atoms with Crippen LogP contribution >= 0.6 is 0 Å². The van der Waals surface area contributed by atoms with Crippen LogP contribution in [0.3, 0.4) is 0 Å². The van der Waals surface area contributed by atoms with Gasteiger partial charge in [0.1, 0.15) is 19.0 Å². The van der Waals surface area contributed by atoms with E-state index in [9.17, 15) is 14.7 Å². The van der Waals surface area contributed by atoms with Crippen LogP contribution in [0.2, 0.25) is 0 Å². The third-order valence-corrected chi connectivity index (χ3v) is 6.73. The van der Waals surface area contributed by atoms with Gasteiger partial charge in [0.2, 0.25) is 0 Å². The molecule has 4 rings (SSSR count). The van der Waals surface area contributed by atoms with Gasteiger partial charge >= 0.3 is 0 Å². The molecule has 2 aliphatic rings. The molecule has 0 radical (unpaired) electrons. The van der Waals surface area contributed by atoms with Gasteiger partial charge in [-0.05, 0) is 63.3 Å². The predicted molar refractivity (Wildman–Crippen MR) is 148 cm³/mol. The zero-order chi connectivity index (χ0) is 27.9. The van der Waals surface area contributed by atoms with Crippen molar-refractivity contribution in [2.45, 2.75) is 39.2 Å². The van der Waals surface area contributed by atoms with E-state index in [0.29, 0.717) is 73.6 Å². The molecule has 2 aromatic carbocycles. The molecule has 1 fully saturated rings. The zero-order valence-electron chi connectivity index (χ0n) is 23.2. The molecule has 0 spiro atoms. The molecule has 2 aliphatic heterocycles. The lowest BCUT2D eigenvalue weighted by Crippen LogP contribution is -2.35. The van der Waals surface area contributed by atoms with Crippen LogP contribution in [-0.4, -0.2) is 80.2 Å². The normalized spacial score (nSPS) is 18.1. The number of likely N-dealkylation sites (tertiary alicyclic amines) is 1. The number of likely N-dealkylation sites (N-methyl/N-ethyl adjacent to an activating group) is 1. The van der Waals surface area contributed by atoms with Gasteiger partial charge in [-0.25, -0.2) is 0 Å². The minimum atomic E-state index is -0.800. The number of rotatable bonds is 12. The Bertz CT molecular complexity index is 1220. The molecule has 1 atom stereocenters. The summed E-state index contributed by atoms with van der Waals surface area (Å²) in [5.74, 6) is 0.532. The molecule has 210 valence electrons. The van der Waals surface area contributed by atoms with Crippen LogP contribution in [0.25, 0.3) is 5.76 Å². The second-order valence-corrected chi connectivity index (χ2v) is 9.85. The Kier molecular flexibility index (Phi) is 9.35. The van der Waals surface area contributed by atoms with Crippen molar-refractivity contribution in [3.63, 3.8) is 0 Å². The highest BCUT2D eigenvalue weighted by Crippen LogP contribution is 2.43. The molecule has 9 nitrogen and oxygen atoms in total. The van der Waals surface area contributed by atoms with Crippen LogP contribution < -0.4 is 18.9 Å². The van der Waals surface area contributed by atoms with Crippen LogP contribution in [0.15, 0.2) is 42.0 Å². The van der Waals surface area contributed by atoms with Gasteiger partial charge in [0.05, 0.1) is 24.8 Å². The van der Waals surface area contributed by atoms with E-state index in [1.54, 1.807) is 24.3 Å². The Morgan fingerprint density at radius 3 is 2.49 bits per heavy atom. The molecule has 1 N–H and O–H groups in total. The fourth-order valence-electron chi connectivity index (χ4n) is 4.73. The molecule has 0 aliphatic carbocycles. The average Bonchev–Trinajstić information content (AvgIpc) is 3.19. The molecule has 0 bridgehead atoms. The van der Waals surface area contributed by atoms with Crippen LogP contribution in [0.4, 0.5) is 0 Å². The Hall–Kier alpha value is -3.72. The first kappa shape index (κ1) is 28.3. The van der Waals surface area contributed by atoms with Crippen LogP contribution in [0.5, 0.6) is 23.0 Å². The van der Waals surface area contributed by atoms with E-state index >= 15 is 0 Å². The summed E-state index contributed by atoms with van der Waals surface area (Å²) < 4.78 is 23.1. The number of carbonyl (C=O) groups excluding carboxylic acids is 2. The Morgan fingerprint density at radius 1 is 1.00 bits per heavy atom. The summed E-state index contributed by atoms with van der Waals surface area (Å²) in [6.07, 6.45) is 3.10. The zero-order valence-corrected chi connectivity index (χ0v) is 23.2. The average molecular weight is 539 g/mol. The first-order chi connectivity index (χ1) is 18.8. The van der Waals surface area contributed by atoms with Gasteiger partial charge in [-0.15, -0.1) is 0 Å². The second kappa shape index (κ2) is 12.9. The molecular weight excluding hydrogens is 500 g/mol. The predicted octanol–water partition coefficient (Wildman–Crippen LogP) is 4.41. The quantitative estimate of drug-likeness (QED) is 0.184. The number of fused-ring (bicyclic) bond motifs is 1. The molecule has 1 saturated heterocycles. The van der Waals surface area contributed by atoms with Crippen molar-refractivity contribution in [3.05, 3.63) is 53.1 Å². The Balaban J connectivity index is 1.77. The maximum absolute atomic E-state index is 13.4. The van der Waals surface area contributed by atoms with Crippen molar-refractivity contribution in [2.75, 3.05) is 53.6 Å². The summed E-state index contributed by atoms with van der Waals surface area (Å²) in [4.78, 5) is 30.1. The van der Waals surface area contributed by atoms with E-state index in [-0.39, 0.29) is 11.3 Å². The number of benzene rings is 2. The van der Waals surface area contributed by atoms with E-state index in [1.807, 2.05) is 38.1 Å². The summed E-state index contributed by atoms with van der Waals surface area (Å²) in [5, 5.41) is 11.4. The maximum Gasteiger partial charge on any atom is 0.295 e. The number of ether oxygens (including phenoxy) is 4. The van der Waals surface area contributed by atoms with E-state index in [4.69, 9.17) is 18.9 Å². The number of carbonyl (C=O) groups is 2. The van der Waals surface area contributed by atoms with E-state index in [0.717, 1.165) is 19.3 Å². The minimum Gasteiger partial charge on any atom is -0.507 e. The largest absolute Gasteiger partial charge is 0.507 e. The minimum absolute atomic E-state index is 0.0227. The van der Waals surface area contributed by atoms with Gasteiger partial charge in [-0.3, -0.25) is 9.59 Å². The first-order valence-electron chi connectivity index (χ1n) is 13.6. The smallest absolute Gasteiger partial charge is 0.295 e. The van der Waals surface area contributed by atoms with Crippen LogP contribution in [0.1, 0.15) is 50.3 Å². The Morgan fingerprint density at radius 2 is 1.77 bits per heavy atom. The number of amides is 1. The lowest BCUT2D eigenvalue weighted by molar-refractivity contribution is -0.140. The number of Topliss-reactive ketones (excluding diaryl/α,β-unsaturated/α-hetero) is 1. The second-order valence-electron chi connectivity index (χ2n) is 9.85. The molecule has 1 amide bonds. The first-order valence-corrected chi connectivity index (χ1v) is 13.6. The van der Waals surface area contributed by atoms with Gasteiger partial charge in [-0.2, -0.15) is 0 Å². The highest BCUT2D eigenvalue weighted by atomic mass is 16.6. The van der Waals surface area contributed by atoms with E-state index in [1.165, 1.54) is 4.90 Å². The number of hydrogen-bond donors (Lipinski definition) is 1. The maximum atomic E-state index is 13.4. The highest BCUT2D eigenvalue weighted by Gasteiger charge is 2.46. The molecule has 0 aromatic heterocycles. The summed E-state index contributed by atoms with van der Waals surface area (Å²) in [6.45, 7) is 6.70. The number of nitrogens with zero attached hydrogens (tertiary/aromatic N) is 2. The van der Waals surface area contributed by atoms with Crippen molar-refractivity contribution < 1.29 is 33.6 Å². The standard InChI is InChI=1S/C30H38N2O7/c1-5-7-8-15-37-22-11-9-20(18-24(22)36-6-2)27-26(29(34)30(35)32(27)14-13-31(3)4)28(33)21-10-12-23-25(19-21)39-17-16-38-23/h9-12,18-19,27,33H,5-8,13-17H2,1-4H3/b28-26-. The fourth-order valence-corrected chi connectivity index (χ4v) is 4.73. The third-order valence-electron chi connectivity index (χ3n) is 6.73. The van der Waals surface area contributed by atoms with Crippen LogP contribution in [-0.2, 0) is 9.59 Å². The summed E-state index contributed by atoms with van der Waals surface area (Å²) in [7, 11) is 3.80. The monoisotopic (exact) mass is 538 g/mol. The number of aliphatic hydroxyl groups excluding tert-OH is 1. The topological polar surface area (TPSA) is 97.8 Å². The molecule has 1 unspecified atom stereocenters. The van der Waals surface area contributed by atoms with Crippen LogP contribution in [0, 0.1) is 0 Å².